The molecule has 0 saturated heterocycles. The van der Waals surface area contributed by atoms with Crippen LogP contribution in [0.25, 0.3) is 0 Å². The number of benzene rings is 1. The summed E-state index contributed by atoms with van der Waals surface area (Å²) in [5.74, 6) is -0.208. The van der Waals surface area contributed by atoms with E-state index in [2.05, 4.69) is 15.9 Å². The largest absolute Gasteiger partial charge is 0.329 e. The van der Waals surface area contributed by atoms with E-state index in [-0.39, 0.29) is 11.9 Å². The summed E-state index contributed by atoms with van der Waals surface area (Å²) in [7, 11) is 1.94. The molecule has 0 heterocycles. The van der Waals surface area contributed by atoms with Crippen molar-refractivity contribution in [3.63, 3.8) is 0 Å². The highest BCUT2D eigenvalue weighted by Crippen LogP contribution is 2.23. The lowest BCUT2D eigenvalue weighted by Gasteiger charge is -2.26. The standard InChI is InChI=1S/C11H16BrFN2/c1-3-15(2)11(7-14)9-5-4-8(12)6-10(9)13/h4-6,11H,3,7,14H2,1-2H3. The number of rotatable bonds is 4. The molecule has 15 heavy (non-hydrogen) atoms. The number of nitrogens with zero attached hydrogens (tertiary/aromatic N) is 1. The van der Waals surface area contributed by atoms with E-state index in [9.17, 15) is 4.39 Å². The quantitative estimate of drug-likeness (QED) is 0.915. The molecule has 1 atom stereocenters. The Morgan fingerprint density at radius 1 is 1.53 bits per heavy atom. The maximum Gasteiger partial charge on any atom is 0.129 e. The van der Waals surface area contributed by atoms with Gasteiger partial charge in [0.25, 0.3) is 0 Å². The number of halogens is 2. The minimum absolute atomic E-state index is 0.0527. The molecule has 1 aromatic rings. The van der Waals surface area contributed by atoms with E-state index in [1.54, 1.807) is 6.07 Å². The van der Waals surface area contributed by atoms with Crippen LogP contribution in [0.4, 0.5) is 4.39 Å². The van der Waals surface area contributed by atoms with E-state index in [1.807, 2.05) is 24.9 Å². The Balaban J connectivity index is 3.01. The monoisotopic (exact) mass is 274 g/mol. The number of hydrogen-bond donors (Lipinski definition) is 1. The normalized spacial score (nSPS) is 13.2. The molecule has 0 saturated carbocycles. The Hall–Kier alpha value is -0.450. The molecule has 0 bridgehead atoms. The molecule has 0 aliphatic heterocycles. The summed E-state index contributed by atoms with van der Waals surface area (Å²) in [6.45, 7) is 3.29. The van der Waals surface area contributed by atoms with Crippen molar-refractivity contribution in [2.45, 2.75) is 13.0 Å². The van der Waals surface area contributed by atoms with Gasteiger partial charge in [-0.05, 0) is 25.7 Å². The van der Waals surface area contributed by atoms with E-state index in [0.29, 0.717) is 12.1 Å². The first-order valence-electron chi connectivity index (χ1n) is 4.95. The lowest BCUT2D eigenvalue weighted by molar-refractivity contribution is 0.257. The fourth-order valence-corrected chi connectivity index (χ4v) is 1.87. The summed E-state index contributed by atoms with van der Waals surface area (Å²) >= 11 is 3.24. The fourth-order valence-electron chi connectivity index (χ4n) is 1.54. The molecule has 1 aromatic carbocycles. The van der Waals surface area contributed by atoms with Gasteiger partial charge in [-0.15, -0.1) is 0 Å². The van der Waals surface area contributed by atoms with E-state index in [1.165, 1.54) is 6.07 Å². The fraction of sp³-hybridized carbons (Fsp3) is 0.455. The lowest BCUT2D eigenvalue weighted by atomic mass is 10.1. The predicted molar refractivity (Wildman–Crippen MR) is 64.2 cm³/mol. The summed E-state index contributed by atoms with van der Waals surface area (Å²) in [4.78, 5) is 2.03. The Morgan fingerprint density at radius 3 is 2.67 bits per heavy atom. The van der Waals surface area contributed by atoms with Crippen molar-refractivity contribution in [1.82, 2.24) is 4.90 Å². The summed E-state index contributed by atoms with van der Waals surface area (Å²) in [6, 6.07) is 5.04. The summed E-state index contributed by atoms with van der Waals surface area (Å²) in [6.07, 6.45) is 0. The average molecular weight is 275 g/mol. The van der Waals surface area contributed by atoms with E-state index >= 15 is 0 Å². The van der Waals surface area contributed by atoms with Gasteiger partial charge in [-0.1, -0.05) is 28.9 Å². The first kappa shape index (κ1) is 12.6. The molecular weight excluding hydrogens is 259 g/mol. The minimum atomic E-state index is -0.208. The molecule has 1 rings (SSSR count). The minimum Gasteiger partial charge on any atom is -0.329 e. The molecule has 0 aliphatic carbocycles. The van der Waals surface area contributed by atoms with Crippen molar-refractivity contribution in [3.8, 4) is 0 Å². The molecule has 0 aromatic heterocycles. The van der Waals surface area contributed by atoms with Crippen LogP contribution in [0.1, 0.15) is 18.5 Å². The van der Waals surface area contributed by atoms with Gasteiger partial charge in [0.15, 0.2) is 0 Å². The Kier molecular flexibility index (Phi) is 4.70. The van der Waals surface area contributed by atoms with Gasteiger partial charge < -0.3 is 5.73 Å². The summed E-state index contributed by atoms with van der Waals surface area (Å²) < 4.78 is 14.4. The third-order valence-corrected chi connectivity index (χ3v) is 3.07. The third-order valence-electron chi connectivity index (χ3n) is 2.58. The Bertz CT molecular complexity index is 330. The molecule has 2 N–H and O–H groups in total. The van der Waals surface area contributed by atoms with Crippen LogP contribution in [0.15, 0.2) is 22.7 Å². The van der Waals surface area contributed by atoms with Gasteiger partial charge in [-0.25, -0.2) is 4.39 Å². The van der Waals surface area contributed by atoms with Crippen LogP contribution in [0.2, 0.25) is 0 Å². The highest BCUT2D eigenvalue weighted by molar-refractivity contribution is 9.10. The van der Waals surface area contributed by atoms with Gasteiger partial charge in [0.2, 0.25) is 0 Å². The van der Waals surface area contributed by atoms with Crippen LogP contribution in [-0.2, 0) is 0 Å². The smallest absolute Gasteiger partial charge is 0.129 e. The highest BCUT2D eigenvalue weighted by Gasteiger charge is 2.17. The zero-order valence-electron chi connectivity index (χ0n) is 9.00. The zero-order valence-corrected chi connectivity index (χ0v) is 10.6. The third kappa shape index (κ3) is 3.00. The molecule has 0 aliphatic rings. The van der Waals surface area contributed by atoms with Crippen molar-refractivity contribution in [2.24, 2.45) is 5.73 Å². The topological polar surface area (TPSA) is 29.3 Å². The van der Waals surface area contributed by atoms with Crippen molar-refractivity contribution in [3.05, 3.63) is 34.1 Å². The molecule has 84 valence electrons. The predicted octanol–water partition coefficient (Wildman–Crippen LogP) is 2.54. The summed E-state index contributed by atoms with van der Waals surface area (Å²) in [5.41, 5.74) is 6.33. The maximum absolute atomic E-state index is 13.7. The van der Waals surface area contributed by atoms with E-state index in [4.69, 9.17) is 5.73 Å². The second kappa shape index (κ2) is 5.58. The van der Waals surface area contributed by atoms with E-state index < -0.39 is 0 Å². The van der Waals surface area contributed by atoms with Crippen LogP contribution in [0, 0.1) is 5.82 Å². The lowest BCUT2D eigenvalue weighted by Crippen LogP contribution is -2.31. The second-order valence-corrected chi connectivity index (χ2v) is 4.41. The van der Waals surface area contributed by atoms with Gasteiger partial charge in [0, 0.05) is 22.6 Å². The molecule has 1 unspecified atom stereocenters. The molecule has 2 nitrogen and oxygen atoms in total. The van der Waals surface area contributed by atoms with Crippen molar-refractivity contribution >= 4 is 15.9 Å². The molecule has 0 amide bonds. The first-order chi connectivity index (χ1) is 7.10. The number of hydrogen-bond acceptors (Lipinski definition) is 2. The number of likely N-dealkylation sites (N-methyl/N-ethyl adjacent to an activating group) is 1. The maximum atomic E-state index is 13.7. The van der Waals surface area contributed by atoms with Crippen LogP contribution in [0.5, 0.6) is 0 Å². The van der Waals surface area contributed by atoms with Gasteiger partial charge in [-0.3, -0.25) is 4.90 Å². The van der Waals surface area contributed by atoms with Crippen molar-refractivity contribution < 1.29 is 4.39 Å². The van der Waals surface area contributed by atoms with Gasteiger partial charge in [0.05, 0.1) is 0 Å². The second-order valence-electron chi connectivity index (χ2n) is 3.49. The van der Waals surface area contributed by atoms with Gasteiger partial charge in [0.1, 0.15) is 5.82 Å². The highest BCUT2D eigenvalue weighted by atomic mass is 79.9. The van der Waals surface area contributed by atoms with Crippen molar-refractivity contribution in [2.75, 3.05) is 20.1 Å². The van der Waals surface area contributed by atoms with Crippen LogP contribution in [0.3, 0.4) is 0 Å². The number of nitrogens with two attached hydrogens (primary N) is 1. The molecule has 0 fully saturated rings. The zero-order chi connectivity index (χ0) is 11.4. The molecule has 0 spiro atoms. The van der Waals surface area contributed by atoms with Gasteiger partial charge in [-0.2, -0.15) is 0 Å². The molecular formula is C11H16BrFN2. The van der Waals surface area contributed by atoms with Crippen molar-refractivity contribution in [1.29, 1.82) is 0 Å². The first-order valence-corrected chi connectivity index (χ1v) is 5.74. The summed E-state index contributed by atoms with van der Waals surface area (Å²) in [5, 5.41) is 0. The average Bonchev–Trinajstić information content (AvgIpc) is 2.21. The molecule has 4 heteroatoms. The molecule has 0 radical (unpaired) electrons. The SMILES string of the molecule is CCN(C)C(CN)c1ccc(Br)cc1F. The Labute approximate surface area is 98.4 Å². The van der Waals surface area contributed by atoms with Crippen LogP contribution < -0.4 is 5.73 Å². The Morgan fingerprint density at radius 2 is 2.20 bits per heavy atom. The van der Waals surface area contributed by atoms with E-state index in [0.717, 1.165) is 11.0 Å². The van der Waals surface area contributed by atoms with Crippen LogP contribution >= 0.6 is 15.9 Å². The van der Waals surface area contributed by atoms with Gasteiger partial charge >= 0.3 is 0 Å². The van der Waals surface area contributed by atoms with Crippen LogP contribution in [-0.4, -0.2) is 25.0 Å².